The van der Waals surface area contributed by atoms with Crippen LogP contribution < -0.4 is 4.90 Å². The quantitative estimate of drug-likeness (QED) is 0.799. The maximum absolute atomic E-state index is 4.51. The number of benzene rings is 1. The molecule has 6 heteroatoms. The molecule has 24 heavy (non-hydrogen) atoms. The van der Waals surface area contributed by atoms with Crippen LogP contribution in [-0.2, 0) is 6.54 Å². The van der Waals surface area contributed by atoms with Gasteiger partial charge in [0, 0.05) is 32.7 Å². The monoisotopic (exact) mass is 320 g/mol. The molecule has 6 nitrogen and oxygen atoms in total. The summed E-state index contributed by atoms with van der Waals surface area (Å²) < 4.78 is 0. The molecule has 0 spiro atoms. The molecule has 1 aromatic carbocycles. The van der Waals surface area contributed by atoms with Crippen LogP contribution in [0.1, 0.15) is 5.56 Å². The second-order valence-corrected chi connectivity index (χ2v) is 6.90. The van der Waals surface area contributed by atoms with Crippen LogP contribution in [0.2, 0.25) is 0 Å². The Balaban J connectivity index is 1.29. The minimum atomic E-state index is 0.724. The standard InChI is InChI=1S/C18H20N6/c1-2-4-13(5-3-1)6-23-7-14-9-24(10-15(14)8-23)18-16-17(20-11-19-16)21-12-22-18/h1-5,11-12,14-15H,6-10H2,(H,19,20,21,22). The minimum Gasteiger partial charge on any atom is -0.354 e. The SMILES string of the molecule is c1ccc(CN2CC3CN(c4ncnc5nc[nH]c45)CC3C2)cc1. The second kappa shape index (κ2) is 5.56. The number of aromatic amines is 1. The Morgan fingerprint density at radius 1 is 0.958 bits per heavy atom. The van der Waals surface area contributed by atoms with Crippen molar-refractivity contribution in [1.29, 1.82) is 0 Å². The van der Waals surface area contributed by atoms with Gasteiger partial charge in [-0.2, -0.15) is 0 Å². The summed E-state index contributed by atoms with van der Waals surface area (Å²) in [5.41, 5.74) is 3.12. The molecule has 2 unspecified atom stereocenters. The predicted octanol–water partition coefficient (Wildman–Crippen LogP) is 1.92. The van der Waals surface area contributed by atoms with Crippen molar-refractivity contribution in [3.05, 3.63) is 48.5 Å². The third kappa shape index (κ3) is 2.34. The van der Waals surface area contributed by atoms with Gasteiger partial charge in [0.05, 0.1) is 6.33 Å². The van der Waals surface area contributed by atoms with Crippen molar-refractivity contribution in [2.75, 3.05) is 31.1 Å². The highest BCUT2D eigenvalue weighted by Gasteiger charge is 2.40. The van der Waals surface area contributed by atoms with E-state index in [4.69, 9.17) is 0 Å². The molecular weight excluding hydrogens is 300 g/mol. The second-order valence-electron chi connectivity index (χ2n) is 6.90. The highest BCUT2D eigenvalue weighted by Crippen LogP contribution is 2.35. The molecule has 2 atom stereocenters. The van der Waals surface area contributed by atoms with E-state index in [-0.39, 0.29) is 0 Å². The summed E-state index contributed by atoms with van der Waals surface area (Å²) in [6.45, 7) is 5.55. The van der Waals surface area contributed by atoms with Gasteiger partial charge in [-0.1, -0.05) is 30.3 Å². The lowest BCUT2D eigenvalue weighted by Crippen LogP contribution is -2.29. The number of hydrogen-bond donors (Lipinski definition) is 1. The molecule has 2 aliphatic heterocycles. The van der Waals surface area contributed by atoms with Crippen molar-refractivity contribution in [3.63, 3.8) is 0 Å². The van der Waals surface area contributed by atoms with Crippen molar-refractivity contribution in [3.8, 4) is 0 Å². The highest BCUT2D eigenvalue weighted by atomic mass is 15.3. The van der Waals surface area contributed by atoms with Crippen LogP contribution in [0, 0.1) is 11.8 Å². The van der Waals surface area contributed by atoms with Crippen LogP contribution in [0.25, 0.3) is 11.2 Å². The molecule has 0 amide bonds. The Hall–Kier alpha value is -2.47. The Bertz CT molecular complexity index is 831. The Morgan fingerprint density at radius 3 is 2.54 bits per heavy atom. The number of fused-ring (bicyclic) bond motifs is 2. The molecule has 2 aliphatic rings. The fourth-order valence-corrected chi connectivity index (χ4v) is 4.23. The van der Waals surface area contributed by atoms with Gasteiger partial charge in [0.2, 0.25) is 0 Å². The topological polar surface area (TPSA) is 60.9 Å². The average Bonchev–Trinajstić information content (AvgIpc) is 3.29. The molecule has 3 aromatic rings. The van der Waals surface area contributed by atoms with Gasteiger partial charge in [0.15, 0.2) is 11.5 Å². The largest absolute Gasteiger partial charge is 0.354 e. The van der Waals surface area contributed by atoms with Gasteiger partial charge in [-0.25, -0.2) is 15.0 Å². The number of imidazole rings is 1. The summed E-state index contributed by atoms with van der Waals surface area (Å²) in [6.07, 6.45) is 3.32. The van der Waals surface area contributed by atoms with Gasteiger partial charge in [0.25, 0.3) is 0 Å². The van der Waals surface area contributed by atoms with Crippen molar-refractivity contribution < 1.29 is 0 Å². The van der Waals surface area contributed by atoms with E-state index in [1.165, 1.54) is 18.7 Å². The molecule has 122 valence electrons. The first-order valence-electron chi connectivity index (χ1n) is 8.52. The zero-order chi connectivity index (χ0) is 15.9. The number of hydrogen-bond acceptors (Lipinski definition) is 5. The molecule has 2 saturated heterocycles. The third-order valence-corrected chi connectivity index (χ3v) is 5.31. The van der Waals surface area contributed by atoms with Crippen molar-refractivity contribution in [2.45, 2.75) is 6.54 Å². The van der Waals surface area contributed by atoms with Crippen LogP contribution in [0.4, 0.5) is 5.82 Å². The smallest absolute Gasteiger partial charge is 0.182 e. The first-order valence-corrected chi connectivity index (χ1v) is 8.52. The predicted molar refractivity (Wildman–Crippen MR) is 92.6 cm³/mol. The molecule has 4 heterocycles. The number of H-pyrrole nitrogens is 1. The third-order valence-electron chi connectivity index (χ3n) is 5.31. The summed E-state index contributed by atoms with van der Waals surface area (Å²) in [5.74, 6) is 2.45. The summed E-state index contributed by atoms with van der Waals surface area (Å²) >= 11 is 0. The van der Waals surface area contributed by atoms with Gasteiger partial charge in [0.1, 0.15) is 11.8 Å². The van der Waals surface area contributed by atoms with E-state index in [1.807, 2.05) is 0 Å². The summed E-state index contributed by atoms with van der Waals surface area (Å²) in [4.78, 5) is 21.1. The van der Waals surface area contributed by atoms with E-state index in [9.17, 15) is 0 Å². The molecule has 5 rings (SSSR count). The van der Waals surface area contributed by atoms with Crippen LogP contribution >= 0.6 is 0 Å². The van der Waals surface area contributed by atoms with E-state index in [0.717, 1.165) is 48.5 Å². The van der Waals surface area contributed by atoms with Gasteiger partial charge < -0.3 is 9.88 Å². The van der Waals surface area contributed by atoms with Crippen LogP contribution in [-0.4, -0.2) is 51.0 Å². The molecule has 2 aromatic heterocycles. The average molecular weight is 320 g/mol. The van der Waals surface area contributed by atoms with Crippen molar-refractivity contribution in [1.82, 2.24) is 24.8 Å². The van der Waals surface area contributed by atoms with E-state index >= 15 is 0 Å². The lowest BCUT2D eigenvalue weighted by Gasteiger charge is -2.22. The van der Waals surface area contributed by atoms with Crippen LogP contribution in [0.15, 0.2) is 43.0 Å². The Labute approximate surface area is 140 Å². The van der Waals surface area contributed by atoms with E-state index in [0.29, 0.717) is 0 Å². The number of nitrogens with one attached hydrogen (secondary N) is 1. The Kier molecular flexibility index (Phi) is 3.23. The molecule has 2 fully saturated rings. The normalized spacial score (nSPS) is 23.9. The number of aromatic nitrogens is 4. The van der Waals surface area contributed by atoms with Crippen molar-refractivity contribution >= 4 is 17.0 Å². The lowest BCUT2D eigenvalue weighted by molar-refractivity contribution is 0.309. The fourth-order valence-electron chi connectivity index (χ4n) is 4.23. The van der Waals surface area contributed by atoms with Gasteiger partial charge in [-0.05, 0) is 17.4 Å². The molecule has 0 bridgehead atoms. The number of rotatable bonds is 3. The molecular formula is C18H20N6. The van der Waals surface area contributed by atoms with E-state index < -0.39 is 0 Å². The minimum absolute atomic E-state index is 0.724. The zero-order valence-electron chi connectivity index (χ0n) is 13.5. The van der Waals surface area contributed by atoms with Gasteiger partial charge in [-0.15, -0.1) is 0 Å². The van der Waals surface area contributed by atoms with Gasteiger partial charge in [-0.3, -0.25) is 4.90 Å². The van der Waals surface area contributed by atoms with E-state index in [1.54, 1.807) is 12.7 Å². The summed E-state index contributed by atoms with van der Waals surface area (Å²) in [7, 11) is 0. The van der Waals surface area contributed by atoms with Crippen LogP contribution in [0.3, 0.4) is 0 Å². The zero-order valence-corrected chi connectivity index (χ0v) is 13.5. The maximum Gasteiger partial charge on any atom is 0.182 e. The first kappa shape index (κ1) is 13.9. The fraction of sp³-hybridized carbons (Fsp3) is 0.389. The maximum atomic E-state index is 4.51. The van der Waals surface area contributed by atoms with Crippen molar-refractivity contribution in [2.24, 2.45) is 11.8 Å². The lowest BCUT2D eigenvalue weighted by atomic mass is 10.0. The number of likely N-dealkylation sites (tertiary alicyclic amines) is 1. The molecule has 0 radical (unpaired) electrons. The van der Waals surface area contributed by atoms with Gasteiger partial charge >= 0.3 is 0 Å². The summed E-state index contributed by atoms with van der Waals surface area (Å²) in [6, 6.07) is 10.8. The number of anilines is 1. The molecule has 0 aliphatic carbocycles. The molecule has 0 saturated carbocycles. The first-order chi connectivity index (χ1) is 11.9. The molecule has 1 N–H and O–H groups in total. The highest BCUT2D eigenvalue weighted by molar-refractivity contribution is 5.82. The summed E-state index contributed by atoms with van der Waals surface area (Å²) in [5, 5.41) is 0. The van der Waals surface area contributed by atoms with E-state index in [2.05, 4.69) is 60.1 Å². The number of nitrogens with zero attached hydrogens (tertiary/aromatic N) is 5. The van der Waals surface area contributed by atoms with Crippen LogP contribution in [0.5, 0.6) is 0 Å². The Morgan fingerprint density at radius 2 is 1.75 bits per heavy atom.